The molecule has 0 bridgehead atoms. The monoisotopic (exact) mass is 296 g/mol. The number of nitrogens with one attached hydrogen (secondary N) is 2. The van der Waals surface area contributed by atoms with Crippen LogP contribution in [0.15, 0.2) is 36.5 Å². The van der Waals surface area contributed by atoms with E-state index in [1.807, 2.05) is 12.3 Å². The van der Waals surface area contributed by atoms with Crippen LogP contribution in [0.1, 0.15) is 24.8 Å². The van der Waals surface area contributed by atoms with Gasteiger partial charge in [0.05, 0.1) is 11.9 Å². The second-order valence-electron chi connectivity index (χ2n) is 6.65. The third-order valence-electron chi connectivity index (χ3n) is 4.91. The minimum absolute atomic E-state index is 0.813. The Hall–Kier alpha value is -1.65. The molecule has 0 amide bonds. The van der Waals surface area contributed by atoms with E-state index in [1.54, 1.807) is 0 Å². The van der Waals surface area contributed by atoms with Gasteiger partial charge in [-0.1, -0.05) is 30.3 Å². The van der Waals surface area contributed by atoms with Crippen LogP contribution < -0.4 is 5.32 Å². The molecule has 2 aromatic rings. The van der Waals surface area contributed by atoms with Crippen LogP contribution in [0, 0.1) is 5.92 Å². The molecular weight excluding hydrogens is 272 g/mol. The van der Waals surface area contributed by atoms with Gasteiger partial charge >= 0.3 is 0 Å². The fourth-order valence-electron chi connectivity index (χ4n) is 3.51. The Labute approximate surface area is 131 Å². The highest BCUT2D eigenvalue weighted by molar-refractivity contribution is 5.62. The van der Waals surface area contributed by atoms with Gasteiger partial charge < -0.3 is 10.2 Å². The average molecular weight is 296 g/mol. The summed E-state index contributed by atoms with van der Waals surface area (Å²) in [5.74, 6) is 0.813. The average Bonchev–Trinajstić information content (AvgIpc) is 3.12. The molecule has 1 aliphatic carbocycles. The molecule has 1 saturated heterocycles. The van der Waals surface area contributed by atoms with Crippen LogP contribution in [0.3, 0.4) is 0 Å². The lowest BCUT2D eigenvalue weighted by molar-refractivity contribution is 0.312. The van der Waals surface area contributed by atoms with Gasteiger partial charge in [-0.2, -0.15) is 5.10 Å². The third kappa shape index (κ3) is 3.08. The summed E-state index contributed by atoms with van der Waals surface area (Å²) in [7, 11) is 0. The van der Waals surface area contributed by atoms with Crippen molar-refractivity contribution in [1.82, 2.24) is 20.4 Å². The van der Waals surface area contributed by atoms with E-state index < -0.39 is 0 Å². The lowest BCUT2D eigenvalue weighted by atomic mass is 10.1. The van der Waals surface area contributed by atoms with Crippen molar-refractivity contribution >= 4 is 0 Å². The van der Waals surface area contributed by atoms with Gasteiger partial charge in [0, 0.05) is 24.7 Å². The Morgan fingerprint density at radius 3 is 2.86 bits per heavy atom. The van der Waals surface area contributed by atoms with Crippen LogP contribution in [-0.4, -0.2) is 40.8 Å². The lowest BCUT2D eigenvalue weighted by Crippen LogP contribution is -2.27. The summed E-state index contributed by atoms with van der Waals surface area (Å²) in [4.78, 5) is 2.68. The lowest BCUT2D eigenvalue weighted by Gasteiger charge is -2.15. The standard InChI is InChI=1S/C18H24N4/c1-2-4-15(5-3-1)18-16(12-20-21-18)11-19-10-14-8-9-22(13-14)17-6-7-17/h1-5,12,14,17,19H,6-11,13H2,(H,20,21). The van der Waals surface area contributed by atoms with Crippen molar-refractivity contribution in [1.29, 1.82) is 0 Å². The Morgan fingerprint density at radius 1 is 1.18 bits per heavy atom. The summed E-state index contributed by atoms with van der Waals surface area (Å²) in [6.45, 7) is 4.59. The van der Waals surface area contributed by atoms with Gasteiger partial charge in [-0.3, -0.25) is 5.10 Å². The number of nitrogens with zero attached hydrogens (tertiary/aromatic N) is 2. The van der Waals surface area contributed by atoms with Crippen molar-refractivity contribution in [3.05, 3.63) is 42.1 Å². The first-order valence-corrected chi connectivity index (χ1v) is 8.42. The highest BCUT2D eigenvalue weighted by Gasteiger charge is 2.33. The first-order chi connectivity index (χ1) is 10.9. The van der Waals surface area contributed by atoms with E-state index in [9.17, 15) is 0 Å². The molecule has 4 nitrogen and oxygen atoms in total. The molecule has 1 atom stereocenters. The summed E-state index contributed by atoms with van der Waals surface area (Å²) in [6, 6.07) is 11.4. The van der Waals surface area contributed by atoms with Gasteiger partial charge in [-0.25, -0.2) is 0 Å². The number of benzene rings is 1. The van der Waals surface area contributed by atoms with Crippen LogP contribution in [0.2, 0.25) is 0 Å². The molecule has 4 rings (SSSR count). The Balaban J connectivity index is 1.30. The number of hydrogen-bond donors (Lipinski definition) is 2. The minimum atomic E-state index is 0.813. The maximum absolute atomic E-state index is 4.22. The van der Waals surface area contributed by atoms with Crippen molar-refractivity contribution in [3.8, 4) is 11.3 Å². The van der Waals surface area contributed by atoms with Crippen molar-refractivity contribution in [3.63, 3.8) is 0 Å². The van der Waals surface area contributed by atoms with Crippen molar-refractivity contribution < 1.29 is 0 Å². The first kappa shape index (κ1) is 14.0. The SMILES string of the molecule is c1ccc(-c2[nH]ncc2CNCC2CCN(C3CC3)C2)cc1. The molecule has 1 saturated carbocycles. The van der Waals surface area contributed by atoms with Crippen molar-refractivity contribution in [2.75, 3.05) is 19.6 Å². The van der Waals surface area contributed by atoms with E-state index in [0.717, 1.165) is 30.7 Å². The van der Waals surface area contributed by atoms with Crippen LogP contribution in [-0.2, 0) is 6.54 Å². The summed E-state index contributed by atoms with van der Waals surface area (Å²) >= 11 is 0. The molecule has 4 heteroatoms. The zero-order chi connectivity index (χ0) is 14.8. The van der Waals surface area contributed by atoms with Gasteiger partial charge in [0.2, 0.25) is 0 Å². The number of aromatic nitrogens is 2. The normalized spacial score (nSPS) is 22.3. The van der Waals surface area contributed by atoms with Crippen molar-refractivity contribution in [2.45, 2.75) is 31.8 Å². The number of likely N-dealkylation sites (tertiary alicyclic amines) is 1. The number of H-pyrrole nitrogens is 1. The van der Waals surface area contributed by atoms with E-state index in [-0.39, 0.29) is 0 Å². The van der Waals surface area contributed by atoms with Gasteiger partial charge in [0.25, 0.3) is 0 Å². The quantitative estimate of drug-likeness (QED) is 0.861. The first-order valence-electron chi connectivity index (χ1n) is 8.42. The molecule has 1 unspecified atom stereocenters. The molecular formula is C18H24N4. The van der Waals surface area contributed by atoms with Crippen LogP contribution in [0.25, 0.3) is 11.3 Å². The predicted octanol–water partition coefficient (Wildman–Crippen LogP) is 2.65. The van der Waals surface area contributed by atoms with E-state index >= 15 is 0 Å². The van der Waals surface area contributed by atoms with Crippen molar-refractivity contribution in [2.24, 2.45) is 5.92 Å². The zero-order valence-electron chi connectivity index (χ0n) is 13.0. The van der Waals surface area contributed by atoms with E-state index in [4.69, 9.17) is 0 Å². The Kier molecular flexibility index (Phi) is 3.95. The molecule has 2 aliphatic rings. The fourth-order valence-corrected chi connectivity index (χ4v) is 3.51. The fraction of sp³-hybridized carbons (Fsp3) is 0.500. The largest absolute Gasteiger partial charge is 0.312 e. The topological polar surface area (TPSA) is 44.0 Å². The zero-order valence-corrected chi connectivity index (χ0v) is 13.0. The summed E-state index contributed by atoms with van der Waals surface area (Å²) < 4.78 is 0. The molecule has 116 valence electrons. The molecule has 2 heterocycles. The van der Waals surface area contributed by atoms with Gasteiger partial charge in [0.1, 0.15) is 0 Å². The molecule has 0 spiro atoms. The smallest absolute Gasteiger partial charge is 0.0695 e. The molecule has 0 radical (unpaired) electrons. The Morgan fingerprint density at radius 2 is 2.05 bits per heavy atom. The van der Waals surface area contributed by atoms with Crippen LogP contribution >= 0.6 is 0 Å². The third-order valence-corrected chi connectivity index (χ3v) is 4.91. The molecule has 1 aliphatic heterocycles. The maximum atomic E-state index is 4.22. The minimum Gasteiger partial charge on any atom is -0.312 e. The highest BCUT2D eigenvalue weighted by atomic mass is 15.2. The summed E-state index contributed by atoms with van der Waals surface area (Å²) in [5, 5.41) is 11.0. The summed E-state index contributed by atoms with van der Waals surface area (Å²) in [5.41, 5.74) is 3.60. The maximum Gasteiger partial charge on any atom is 0.0695 e. The predicted molar refractivity (Wildman–Crippen MR) is 88.4 cm³/mol. The van der Waals surface area contributed by atoms with Gasteiger partial charge in [-0.15, -0.1) is 0 Å². The summed E-state index contributed by atoms with van der Waals surface area (Å²) in [6.07, 6.45) is 6.14. The second kappa shape index (κ2) is 6.23. The van der Waals surface area contributed by atoms with E-state index in [0.29, 0.717) is 0 Å². The number of hydrogen-bond acceptors (Lipinski definition) is 3. The molecule has 1 aromatic carbocycles. The van der Waals surface area contributed by atoms with E-state index in [1.165, 1.54) is 43.5 Å². The van der Waals surface area contributed by atoms with E-state index in [2.05, 4.69) is 44.7 Å². The highest BCUT2D eigenvalue weighted by Crippen LogP contribution is 2.31. The molecule has 2 fully saturated rings. The van der Waals surface area contributed by atoms with Crippen LogP contribution in [0.4, 0.5) is 0 Å². The Bertz CT molecular complexity index is 603. The van der Waals surface area contributed by atoms with Crippen LogP contribution in [0.5, 0.6) is 0 Å². The number of aromatic amines is 1. The molecule has 22 heavy (non-hydrogen) atoms. The molecule has 2 N–H and O–H groups in total. The second-order valence-corrected chi connectivity index (χ2v) is 6.65. The van der Waals surface area contributed by atoms with Gasteiger partial charge in [0.15, 0.2) is 0 Å². The molecule has 1 aromatic heterocycles. The number of rotatable bonds is 6. The van der Waals surface area contributed by atoms with Gasteiger partial charge in [-0.05, 0) is 43.8 Å².